The minimum Gasteiger partial charge on any atom is -0.361 e. The molecule has 8 nitrogen and oxygen atoms in total. The van der Waals surface area contributed by atoms with Crippen molar-refractivity contribution in [3.05, 3.63) is 47.6 Å². The molecule has 0 atom stereocenters. The molecule has 0 bridgehead atoms. The Morgan fingerprint density at radius 2 is 2.15 bits per heavy atom. The summed E-state index contributed by atoms with van der Waals surface area (Å²) in [7, 11) is 3.61. The summed E-state index contributed by atoms with van der Waals surface area (Å²) in [5, 5.41) is 15.0. The molecule has 3 rings (SSSR count). The number of urea groups is 1. The molecule has 0 fully saturated rings. The average molecular weight is 368 g/mol. The number of hydrogen-bond donors (Lipinski definition) is 1. The number of hydrogen-bond acceptors (Lipinski definition) is 5. The van der Waals surface area contributed by atoms with Gasteiger partial charge in [0, 0.05) is 37.3 Å². The van der Waals surface area contributed by atoms with Crippen molar-refractivity contribution in [1.82, 2.24) is 24.8 Å². The molecular weight excluding hydrogens is 344 g/mol. The zero-order chi connectivity index (χ0) is 19.6. The molecule has 0 saturated heterocycles. The molecule has 0 aliphatic rings. The highest BCUT2D eigenvalue weighted by Crippen LogP contribution is 2.27. The first-order chi connectivity index (χ1) is 12.9. The minimum absolute atomic E-state index is 0.220. The van der Waals surface area contributed by atoms with Gasteiger partial charge >= 0.3 is 6.03 Å². The van der Waals surface area contributed by atoms with E-state index in [1.54, 1.807) is 18.3 Å². The lowest BCUT2D eigenvalue weighted by molar-refractivity contribution is 0.219. The molecule has 0 spiro atoms. The van der Waals surface area contributed by atoms with E-state index < -0.39 is 0 Å². The molecular formula is C19H24N6O2. The van der Waals surface area contributed by atoms with E-state index in [1.807, 2.05) is 56.7 Å². The van der Waals surface area contributed by atoms with E-state index >= 15 is 0 Å². The van der Waals surface area contributed by atoms with Crippen LogP contribution >= 0.6 is 0 Å². The third-order valence-electron chi connectivity index (χ3n) is 4.42. The van der Waals surface area contributed by atoms with Gasteiger partial charge in [0.1, 0.15) is 17.8 Å². The Hall–Kier alpha value is -3.16. The third-order valence-corrected chi connectivity index (χ3v) is 4.42. The van der Waals surface area contributed by atoms with Gasteiger partial charge in [0.15, 0.2) is 5.82 Å². The smallest absolute Gasteiger partial charge is 0.321 e. The van der Waals surface area contributed by atoms with Crippen LogP contribution in [0.2, 0.25) is 0 Å². The lowest BCUT2D eigenvalue weighted by atomic mass is 10.1. The number of nitrogens with zero attached hydrogens (tertiary/aromatic N) is 5. The first kappa shape index (κ1) is 18.6. The number of carbonyl (C=O) groups excluding carboxylic acids is 1. The number of amides is 2. The van der Waals surface area contributed by atoms with Crippen molar-refractivity contribution in [1.29, 1.82) is 0 Å². The van der Waals surface area contributed by atoms with Gasteiger partial charge in [0.05, 0.1) is 6.54 Å². The van der Waals surface area contributed by atoms with E-state index in [1.165, 1.54) is 0 Å². The fourth-order valence-corrected chi connectivity index (χ4v) is 2.74. The molecule has 142 valence electrons. The summed E-state index contributed by atoms with van der Waals surface area (Å²) < 4.78 is 7.13. The van der Waals surface area contributed by atoms with Crippen LogP contribution in [0.3, 0.4) is 0 Å². The van der Waals surface area contributed by atoms with Crippen LogP contribution < -0.4 is 5.32 Å². The van der Waals surface area contributed by atoms with Crippen molar-refractivity contribution >= 4 is 11.7 Å². The van der Waals surface area contributed by atoms with Crippen LogP contribution in [-0.4, -0.2) is 37.9 Å². The highest BCUT2D eigenvalue weighted by atomic mass is 16.5. The maximum absolute atomic E-state index is 12.6. The average Bonchev–Trinajstić information content (AvgIpc) is 3.26. The molecule has 1 N–H and O–H groups in total. The van der Waals surface area contributed by atoms with Gasteiger partial charge < -0.3 is 19.3 Å². The topological polar surface area (TPSA) is 89.1 Å². The Kier molecular flexibility index (Phi) is 5.25. The molecule has 0 unspecified atom stereocenters. The van der Waals surface area contributed by atoms with E-state index in [2.05, 4.69) is 20.7 Å². The molecule has 0 saturated carbocycles. The predicted molar refractivity (Wildman–Crippen MR) is 102 cm³/mol. The van der Waals surface area contributed by atoms with Crippen molar-refractivity contribution in [3.8, 4) is 11.4 Å². The minimum atomic E-state index is -0.220. The summed E-state index contributed by atoms with van der Waals surface area (Å²) >= 11 is 0. The molecule has 8 heteroatoms. The number of rotatable bonds is 5. The molecule has 0 radical (unpaired) electrons. The molecule has 2 aromatic heterocycles. The van der Waals surface area contributed by atoms with E-state index in [0.717, 1.165) is 34.1 Å². The summed E-state index contributed by atoms with van der Waals surface area (Å²) in [4.78, 5) is 14.2. The Bertz CT molecular complexity index is 943. The van der Waals surface area contributed by atoms with Gasteiger partial charge in [0.25, 0.3) is 0 Å². The molecule has 1 aromatic carbocycles. The van der Waals surface area contributed by atoms with E-state index in [4.69, 9.17) is 4.52 Å². The van der Waals surface area contributed by atoms with Gasteiger partial charge in [-0.15, -0.1) is 10.2 Å². The SMILES string of the molecule is Cc1c(NC(=O)N(C)Cc2cc(C(C)C)on2)cccc1-c1nncn1C. The lowest BCUT2D eigenvalue weighted by Gasteiger charge is -2.18. The highest BCUT2D eigenvalue weighted by Gasteiger charge is 2.16. The largest absolute Gasteiger partial charge is 0.361 e. The van der Waals surface area contributed by atoms with Crippen LogP contribution in [0.25, 0.3) is 11.4 Å². The molecule has 0 aliphatic heterocycles. The second kappa shape index (κ2) is 7.61. The quantitative estimate of drug-likeness (QED) is 0.744. The molecule has 27 heavy (non-hydrogen) atoms. The van der Waals surface area contributed by atoms with Crippen LogP contribution in [-0.2, 0) is 13.6 Å². The zero-order valence-corrected chi connectivity index (χ0v) is 16.2. The Morgan fingerprint density at radius 3 is 2.78 bits per heavy atom. The van der Waals surface area contributed by atoms with Crippen LogP contribution in [0.1, 0.15) is 36.8 Å². The van der Waals surface area contributed by atoms with Crippen LogP contribution in [0.4, 0.5) is 10.5 Å². The van der Waals surface area contributed by atoms with Crippen LogP contribution in [0.5, 0.6) is 0 Å². The highest BCUT2D eigenvalue weighted by molar-refractivity contribution is 5.91. The molecule has 3 aromatic rings. The van der Waals surface area contributed by atoms with Gasteiger partial charge in [-0.2, -0.15) is 0 Å². The number of benzene rings is 1. The standard InChI is InChI=1S/C19H24N6O2/c1-12(2)17-9-14(23-27-17)10-24(4)19(26)21-16-8-6-7-15(13(16)3)18-22-20-11-25(18)5/h6-9,11-12H,10H2,1-5H3,(H,21,26). The van der Waals surface area contributed by atoms with Crippen molar-refractivity contribution in [2.45, 2.75) is 33.2 Å². The van der Waals surface area contributed by atoms with E-state index in [-0.39, 0.29) is 11.9 Å². The van der Waals surface area contributed by atoms with Crippen molar-refractivity contribution < 1.29 is 9.32 Å². The maximum Gasteiger partial charge on any atom is 0.321 e. The van der Waals surface area contributed by atoms with Gasteiger partial charge in [-0.1, -0.05) is 31.1 Å². The number of carbonyl (C=O) groups is 1. The van der Waals surface area contributed by atoms with E-state index in [0.29, 0.717) is 6.54 Å². The predicted octanol–water partition coefficient (Wildman–Crippen LogP) is 3.57. The summed E-state index contributed by atoms with van der Waals surface area (Å²) in [6, 6.07) is 7.38. The lowest BCUT2D eigenvalue weighted by Crippen LogP contribution is -2.31. The fourth-order valence-electron chi connectivity index (χ4n) is 2.74. The molecule has 2 amide bonds. The number of nitrogens with one attached hydrogen (secondary N) is 1. The summed E-state index contributed by atoms with van der Waals surface area (Å²) in [5.41, 5.74) is 3.31. The summed E-state index contributed by atoms with van der Waals surface area (Å²) in [6.45, 7) is 6.39. The summed E-state index contributed by atoms with van der Waals surface area (Å²) in [5.74, 6) is 1.82. The normalized spacial score (nSPS) is 11.0. The molecule has 0 aliphatic carbocycles. The number of anilines is 1. The molecule has 2 heterocycles. The van der Waals surface area contributed by atoms with Gasteiger partial charge in [-0.3, -0.25) is 0 Å². The number of aryl methyl sites for hydroxylation is 1. The zero-order valence-electron chi connectivity index (χ0n) is 16.2. The Labute approximate surface area is 158 Å². The van der Waals surface area contributed by atoms with Gasteiger partial charge in [0.2, 0.25) is 0 Å². The second-order valence-electron chi connectivity index (χ2n) is 6.91. The van der Waals surface area contributed by atoms with Crippen LogP contribution in [0, 0.1) is 6.92 Å². The monoisotopic (exact) mass is 368 g/mol. The summed E-state index contributed by atoms with van der Waals surface area (Å²) in [6.07, 6.45) is 1.65. The number of aromatic nitrogens is 4. The maximum atomic E-state index is 12.6. The van der Waals surface area contributed by atoms with Crippen molar-refractivity contribution in [2.75, 3.05) is 12.4 Å². The fraction of sp³-hybridized carbons (Fsp3) is 0.368. The third kappa shape index (κ3) is 3.99. The van der Waals surface area contributed by atoms with Crippen molar-refractivity contribution in [3.63, 3.8) is 0 Å². The Morgan fingerprint density at radius 1 is 1.37 bits per heavy atom. The van der Waals surface area contributed by atoms with Gasteiger partial charge in [-0.25, -0.2) is 4.79 Å². The van der Waals surface area contributed by atoms with Gasteiger partial charge in [-0.05, 0) is 18.6 Å². The van der Waals surface area contributed by atoms with E-state index in [9.17, 15) is 4.79 Å². The van der Waals surface area contributed by atoms with Crippen LogP contribution in [0.15, 0.2) is 35.1 Å². The first-order valence-corrected chi connectivity index (χ1v) is 8.78. The van der Waals surface area contributed by atoms with Crippen molar-refractivity contribution in [2.24, 2.45) is 7.05 Å². The Balaban J connectivity index is 1.72. The second-order valence-corrected chi connectivity index (χ2v) is 6.91. The first-order valence-electron chi connectivity index (χ1n) is 8.78.